The lowest BCUT2D eigenvalue weighted by Crippen LogP contribution is -2.30. The molecule has 18 heavy (non-hydrogen) atoms. The summed E-state index contributed by atoms with van der Waals surface area (Å²) < 4.78 is 36.7. The molecule has 1 fully saturated rings. The summed E-state index contributed by atoms with van der Waals surface area (Å²) in [5.74, 6) is 0.498. The number of alkyl halides is 3. The first-order chi connectivity index (χ1) is 8.02. The van der Waals surface area contributed by atoms with Crippen molar-refractivity contribution in [2.45, 2.75) is 77.5 Å². The molecule has 0 aromatic carbocycles. The largest absolute Gasteiger partial charge is 0.390 e. The Balaban J connectivity index is 2.55. The van der Waals surface area contributed by atoms with E-state index in [9.17, 15) is 18.3 Å². The van der Waals surface area contributed by atoms with Crippen molar-refractivity contribution in [3.63, 3.8) is 0 Å². The number of hydrogen-bond donors (Lipinski definition) is 1. The molecule has 0 aliphatic heterocycles. The van der Waals surface area contributed by atoms with Crippen molar-refractivity contribution >= 4 is 0 Å². The first kappa shape index (κ1) is 15.8. The highest BCUT2D eigenvalue weighted by molar-refractivity contribution is 4.87. The maximum absolute atomic E-state index is 12.2. The summed E-state index contributed by atoms with van der Waals surface area (Å²) in [5, 5.41) is 10.3. The Kier molecular flexibility index (Phi) is 4.74. The zero-order valence-electron chi connectivity index (χ0n) is 11.6. The molecule has 0 heterocycles. The van der Waals surface area contributed by atoms with Crippen molar-refractivity contribution in [2.24, 2.45) is 11.3 Å². The van der Waals surface area contributed by atoms with E-state index in [1.54, 1.807) is 0 Å². The quantitative estimate of drug-likeness (QED) is 0.719. The van der Waals surface area contributed by atoms with Crippen LogP contribution in [0.3, 0.4) is 0 Å². The van der Waals surface area contributed by atoms with Crippen molar-refractivity contribution in [3.05, 3.63) is 0 Å². The van der Waals surface area contributed by atoms with Gasteiger partial charge in [-0.05, 0) is 43.4 Å². The molecular weight excluding hydrogens is 241 g/mol. The average Bonchev–Trinajstić information content (AvgIpc) is 2.36. The molecular formula is C14H25F3O. The second kappa shape index (κ2) is 5.40. The maximum Gasteiger partial charge on any atom is 0.389 e. The van der Waals surface area contributed by atoms with Gasteiger partial charge < -0.3 is 5.11 Å². The van der Waals surface area contributed by atoms with Gasteiger partial charge in [0, 0.05) is 6.42 Å². The molecule has 1 nitrogen and oxygen atoms in total. The number of halogens is 3. The Bertz CT molecular complexity index is 267. The lowest BCUT2D eigenvalue weighted by Gasteiger charge is -2.31. The van der Waals surface area contributed by atoms with Crippen LogP contribution in [0.5, 0.6) is 0 Å². The topological polar surface area (TPSA) is 20.2 Å². The lowest BCUT2D eigenvalue weighted by molar-refractivity contribution is -0.148. The molecule has 108 valence electrons. The molecule has 0 bridgehead atoms. The lowest BCUT2D eigenvalue weighted by atomic mass is 9.76. The fourth-order valence-corrected chi connectivity index (χ4v) is 2.88. The predicted octanol–water partition coefficient (Wildman–Crippen LogP) is 4.69. The van der Waals surface area contributed by atoms with Crippen LogP contribution < -0.4 is 0 Å². The molecule has 1 saturated carbocycles. The summed E-state index contributed by atoms with van der Waals surface area (Å²) in [4.78, 5) is 0. The van der Waals surface area contributed by atoms with Gasteiger partial charge in [-0.15, -0.1) is 0 Å². The highest BCUT2D eigenvalue weighted by Gasteiger charge is 2.38. The van der Waals surface area contributed by atoms with Crippen LogP contribution >= 0.6 is 0 Å². The Hall–Kier alpha value is -0.250. The summed E-state index contributed by atoms with van der Waals surface area (Å²) in [6.07, 6.45) is -1.49. The van der Waals surface area contributed by atoms with Gasteiger partial charge in [-0.1, -0.05) is 27.2 Å². The summed E-state index contributed by atoms with van der Waals surface area (Å²) in [5.41, 5.74) is -0.926. The third kappa shape index (κ3) is 5.17. The minimum absolute atomic E-state index is 0.145. The standard InChI is InChI=1S/C14H25F3O/c1-12(2,3)11-5-4-7-13(18,8-6-11)9-10-14(15,16)17/h11,18H,4-10H2,1-3H3. The van der Waals surface area contributed by atoms with Gasteiger partial charge in [-0.3, -0.25) is 0 Å². The molecule has 4 heteroatoms. The first-order valence-electron chi connectivity index (χ1n) is 6.81. The van der Waals surface area contributed by atoms with Crippen LogP contribution in [0.2, 0.25) is 0 Å². The number of rotatable bonds is 2. The van der Waals surface area contributed by atoms with Crippen LogP contribution in [0.15, 0.2) is 0 Å². The van der Waals surface area contributed by atoms with E-state index in [2.05, 4.69) is 20.8 Å². The van der Waals surface area contributed by atoms with E-state index in [1.165, 1.54) is 0 Å². The van der Waals surface area contributed by atoms with Gasteiger partial charge in [-0.25, -0.2) is 0 Å². The van der Waals surface area contributed by atoms with E-state index in [-0.39, 0.29) is 11.8 Å². The normalized spacial score (nSPS) is 31.2. The van der Waals surface area contributed by atoms with Gasteiger partial charge in [0.1, 0.15) is 0 Å². The molecule has 1 N–H and O–H groups in total. The smallest absolute Gasteiger partial charge is 0.389 e. The van der Waals surface area contributed by atoms with E-state index in [1.807, 2.05) is 0 Å². The zero-order valence-corrected chi connectivity index (χ0v) is 11.6. The van der Waals surface area contributed by atoms with Gasteiger partial charge in [0.05, 0.1) is 5.60 Å². The number of aliphatic hydroxyl groups is 1. The van der Waals surface area contributed by atoms with Gasteiger partial charge in [0.15, 0.2) is 0 Å². The SMILES string of the molecule is CC(C)(C)C1CCCC(O)(CCC(F)(F)F)CC1. The van der Waals surface area contributed by atoms with Crippen LogP contribution in [-0.2, 0) is 0 Å². The van der Waals surface area contributed by atoms with E-state index >= 15 is 0 Å². The van der Waals surface area contributed by atoms with Gasteiger partial charge in [-0.2, -0.15) is 13.2 Å². The molecule has 0 aromatic heterocycles. The van der Waals surface area contributed by atoms with Crippen LogP contribution in [0.1, 0.15) is 65.7 Å². The van der Waals surface area contributed by atoms with Crippen LogP contribution in [0.4, 0.5) is 13.2 Å². The van der Waals surface area contributed by atoms with E-state index in [4.69, 9.17) is 0 Å². The zero-order chi connectivity index (χ0) is 14.0. The third-order valence-electron chi connectivity index (χ3n) is 4.25. The minimum Gasteiger partial charge on any atom is -0.390 e. The summed E-state index contributed by atoms with van der Waals surface area (Å²) >= 11 is 0. The molecule has 0 aromatic rings. The van der Waals surface area contributed by atoms with Gasteiger partial charge in [0.2, 0.25) is 0 Å². The minimum atomic E-state index is -4.16. The summed E-state index contributed by atoms with van der Waals surface area (Å²) in [6, 6.07) is 0. The fourth-order valence-electron chi connectivity index (χ4n) is 2.88. The molecule has 0 radical (unpaired) electrons. The van der Waals surface area contributed by atoms with E-state index in [0.29, 0.717) is 18.8 Å². The predicted molar refractivity (Wildman–Crippen MR) is 66.3 cm³/mol. The van der Waals surface area contributed by atoms with Crippen LogP contribution in [-0.4, -0.2) is 16.9 Å². The van der Waals surface area contributed by atoms with Crippen molar-refractivity contribution in [1.82, 2.24) is 0 Å². The molecule has 0 amide bonds. The summed E-state index contributed by atoms with van der Waals surface area (Å²) in [6.45, 7) is 6.49. The fraction of sp³-hybridized carbons (Fsp3) is 1.00. The molecule has 1 rings (SSSR count). The Morgan fingerprint density at radius 3 is 2.22 bits per heavy atom. The Labute approximate surface area is 108 Å². The molecule has 0 spiro atoms. The van der Waals surface area contributed by atoms with Crippen molar-refractivity contribution in [1.29, 1.82) is 0 Å². The Morgan fingerprint density at radius 1 is 1.11 bits per heavy atom. The van der Waals surface area contributed by atoms with Crippen molar-refractivity contribution in [2.75, 3.05) is 0 Å². The van der Waals surface area contributed by atoms with Crippen molar-refractivity contribution < 1.29 is 18.3 Å². The van der Waals surface area contributed by atoms with E-state index < -0.39 is 18.2 Å². The second-order valence-electron chi connectivity index (χ2n) is 6.83. The monoisotopic (exact) mass is 266 g/mol. The second-order valence-corrected chi connectivity index (χ2v) is 6.83. The molecule has 1 aliphatic rings. The Morgan fingerprint density at radius 2 is 1.72 bits per heavy atom. The third-order valence-corrected chi connectivity index (χ3v) is 4.25. The van der Waals surface area contributed by atoms with Crippen LogP contribution in [0.25, 0.3) is 0 Å². The molecule has 1 aliphatic carbocycles. The summed E-state index contributed by atoms with van der Waals surface area (Å²) in [7, 11) is 0. The maximum atomic E-state index is 12.2. The van der Waals surface area contributed by atoms with Crippen molar-refractivity contribution in [3.8, 4) is 0 Å². The molecule has 0 saturated heterocycles. The van der Waals surface area contributed by atoms with Crippen LogP contribution in [0, 0.1) is 11.3 Å². The molecule has 2 unspecified atom stereocenters. The highest BCUT2D eigenvalue weighted by Crippen LogP contribution is 2.41. The van der Waals surface area contributed by atoms with Gasteiger partial charge in [0.25, 0.3) is 0 Å². The first-order valence-corrected chi connectivity index (χ1v) is 6.81. The van der Waals surface area contributed by atoms with Gasteiger partial charge >= 0.3 is 6.18 Å². The average molecular weight is 266 g/mol. The number of hydrogen-bond acceptors (Lipinski definition) is 1. The van der Waals surface area contributed by atoms with E-state index in [0.717, 1.165) is 19.3 Å². The highest BCUT2D eigenvalue weighted by atomic mass is 19.4. The molecule has 2 atom stereocenters.